The number of fused-ring (bicyclic) bond motifs is 4. The van der Waals surface area contributed by atoms with E-state index >= 15 is 0 Å². The summed E-state index contributed by atoms with van der Waals surface area (Å²) in [5, 5.41) is 33.4. The van der Waals surface area contributed by atoms with E-state index in [1.807, 2.05) is 0 Å². The van der Waals surface area contributed by atoms with Gasteiger partial charge in [0.05, 0.1) is 39.7 Å². The SMILES string of the molecule is CN(C)c1c([N+](=O)[O-])cc(N2C(=O)C3CC=C4C(CC5(Cl)C(=O)N(c6ccc(F)cc6)C(=O)C5(Cl)C4c4ccc(OCCO)cc4)C3C2=O)cc1[N+](=O)[O-]. The average molecular weight is 783 g/mol. The first-order valence-electron chi connectivity index (χ1n) is 16.6. The molecule has 4 amide bonds. The van der Waals surface area contributed by atoms with Crippen LogP contribution in [0.5, 0.6) is 5.75 Å². The second kappa shape index (κ2) is 13.1. The highest BCUT2D eigenvalue weighted by Gasteiger charge is 2.76. The van der Waals surface area contributed by atoms with Crippen LogP contribution in [-0.2, 0) is 19.2 Å². The highest BCUT2D eigenvalue weighted by atomic mass is 35.5. The third-order valence-electron chi connectivity index (χ3n) is 10.6. The number of halogens is 3. The van der Waals surface area contributed by atoms with Crippen LogP contribution in [0.4, 0.5) is 32.8 Å². The molecule has 2 aliphatic heterocycles. The lowest BCUT2D eigenvalue weighted by Crippen LogP contribution is -2.60. The molecule has 2 aliphatic carbocycles. The molecule has 6 atom stereocenters. The van der Waals surface area contributed by atoms with Gasteiger partial charge in [0, 0.05) is 32.1 Å². The van der Waals surface area contributed by atoms with Crippen molar-refractivity contribution in [2.45, 2.75) is 28.5 Å². The molecule has 7 rings (SSSR count). The number of hydrogen-bond acceptors (Lipinski definition) is 11. The first kappa shape index (κ1) is 36.9. The number of carbonyl (C=O) groups is 4. The van der Waals surface area contributed by atoms with Gasteiger partial charge in [0.1, 0.15) is 18.2 Å². The molecule has 15 nitrogen and oxygen atoms in total. The highest BCUT2D eigenvalue weighted by Crippen LogP contribution is 2.66. The van der Waals surface area contributed by atoms with Crippen molar-refractivity contribution >= 4 is 75.3 Å². The number of hydrogen-bond donors (Lipinski definition) is 1. The number of nitrogens with zero attached hydrogens (tertiary/aromatic N) is 5. The van der Waals surface area contributed by atoms with Crippen LogP contribution in [0.25, 0.3) is 0 Å². The number of nitro groups is 2. The number of amides is 4. The number of carbonyl (C=O) groups excluding carboxylic acids is 4. The van der Waals surface area contributed by atoms with E-state index in [0.29, 0.717) is 21.8 Å². The zero-order valence-corrected chi connectivity index (χ0v) is 30.0. The predicted octanol–water partition coefficient (Wildman–Crippen LogP) is 4.85. The van der Waals surface area contributed by atoms with Gasteiger partial charge in [0.2, 0.25) is 11.8 Å². The maximum Gasteiger partial charge on any atom is 0.301 e. The summed E-state index contributed by atoms with van der Waals surface area (Å²) < 4.78 is 19.4. The monoisotopic (exact) mass is 781 g/mol. The summed E-state index contributed by atoms with van der Waals surface area (Å²) >= 11 is 14.8. The summed E-state index contributed by atoms with van der Waals surface area (Å²) in [5.74, 6) is -8.08. The van der Waals surface area contributed by atoms with Crippen LogP contribution in [0.2, 0.25) is 0 Å². The van der Waals surface area contributed by atoms with Gasteiger partial charge in [-0.15, -0.1) is 23.2 Å². The Bertz CT molecular complexity index is 2150. The van der Waals surface area contributed by atoms with Crippen LogP contribution >= 0.6 is 23.2 Å². The lowest BCUT2D eigenvalue weighted by atomic mass is 9.56. The molecule has 4 aliphatic rings. The number of benzene rings is 3. The Labute approximate surface area is 315 Å². The summed E-state index contributed by atoms with van der Waals surface area (Å²) in [6.07, 6.45) is 1.24. The molecule has 0 aromatic heterocycles. The van der Waals surface area contributed by atoms with Crippen molar-refractivity contribution in [3.8, 4) is 5.75 Å². The van der Waals surface area contributed by atoms with Crippen LogP contribution in [0.1, 0.15) is 24.3 Å². The van der Waals surface area contributed by atoms with Gasteiger partial charge in [0.15, 0.2) is 15.4 Å². The van der Waals surface area contributed by atoms with E-state index in [0.717, 1.165) is 29.2 Å². The molecule has 280 valence electrons. The second-order valence-corrected chi connectivity index (χ2v) is 14.9. The van der Waals surface area contributed by atoms with Crippen molar-refractivity contribution in [2.75, 3.05) is 42.0 Å². The quantitative estimate of drug-likeness (QED) is 0.103. The first-order chi connectivity index (χ1) is 25.6. The average Bonchev–Trinajstić information content (AvgIpc) is 3.48. The first-order valence-corrected chi connectivity index (χ1v) is 17.4. The highest BCUT2D eigenvalue weighted by molar-refractivity contribution is 6.58. The zero-order valence-electron chi connectivity index (χ0n) is 28.5. The smallest absolute Gasteiger partial charge is 0.301 e. The second-order valence-electron chi connectivity index (χ2n) is 13.6. The Morgan fingerprint density at radius 1 is 0.889 bits per heavy atom. The molecule has 0 spiro atoms. The maximum absolute atomic E-state index is 14.5. The van der Waals surface area contributed by atoms with E-state index in [1.165, 1.54) is 31.1 Å². The Kier molecular flexibility index (Phi) is 8.98. The molecule has 0 radical (unpaired) electrons. The number of alkyl halides is 2. The molecule has 2 saturated heterocycles. The standard InChI is InChI=1S/C36H30Cl2FN5O10/c1-40(2)30-26(43(50)51)15-21(16-27(30)44(52)53)41-31(46)24-12-11-23-25(28(24)32(41)47)17-35(37)33(48)42(20-7-5-19(39)6-8-20)34(49)36(35,38)29(23)18-3-9-22(10-4-18)54-14-13-45/h3-11,15-16,24-25,28-29,45H,12-14,17H2,1-2H3. The van der Waals surface area contributed by atoms with Gasteiger partial charge in [-0.2, -0.15) is 0 Å². The minimum atomic E-state index is -2.22. The van der Waals surface area contributed by atoms with Crippen molar-refractivity contribution in [3.05, 3.63) is 104 Å². The predicted molar refractivity (Wildman–Crippen MR) is 192 cm³/mol. The molecule has 0 bridgehead atoms. The van der Waals surface area contributed by atoms with Gasteiger partial charge in [-0.3, -0.25) is 39.4 Å². The van der Waals surface area contributed by atoms with E-state index in [4.69, 9.17) is 27.9 Å². The topological polar surface area (TPSA) is 194 Å². The third kappa shape index (κ3) is 5.26. The third-order valence-corrected chi connectivity index (χ3v) is 12.0. The number of allylic oxidation sites excluding steroid dienone is 2. The van der Waals surface area contributed by atoms with Crippen LogP contribution in [0, 0.1) is 43.8 Å². The zero-order chi connectivity index (χ0) is 39.0. The summed E-state index contributed by atoms with van der Waals surface area (Å²) in [6, 6.07) is 12.8. The molecule has 1 N–H and O–H groups in total. The van der Waals surface area contributed by atoms with Gasteiger partial charge in [-0.1, -0.05) is 23.8 Å². The van der Waals surface area contributed by atoms with Crippen molar-refractivity contribution in [1.29, 1.82) is 0 Å². The van der Waals surface area contributed by atoms with E-state index in [1.54, 1.807) is 30.3 Å². The molecule has 3 aromatic carbocycles. The number of aliphatic hydroxyl groups is 1. The Hall–Kier alpha value is -5.45. The Morgan fingerprint density at radius 2 is 1.50 bits per heavy atom. The maximum atomic E-state index is 14.5. The summed E-state index contributed by atoms with van der Waals surface area (Å²) in [7, 11) is 2.76. The number of ether oxygens (including phenoxy) is 1. The van der Waals surface area contributed by atoms with Gasteiger partial charge in [0.25, 0.3) is 11.8 Å². The lowest BCUT2D eigenvalue weighted by Gasteiger charge is -2.50. The Balaban J connectivity index is 1.37. The molecule has 3 fully saturated rings. The van der Waals surface area contributed by atoms with Gasteiger partial charge in [-0.25, -0.2) is 14.2 Å². The fourth-order valence-corrected chi connectivity index (χ4v) is 9.34. The Morgan fingerprint density at radius 3 is 2.06 bits per heavy atom. The van der Waals surface area contributed by atoms with Gasteiger partial charge >= 0.3 is 11.4 Å². The van der Waals surface area contributed by atoms with Crippen molar-refractivity contribution < 1.29 is 43.3 Å². The number of imide groups is 2. The largest absolute Gasteiger partial charge is 0.491 e. The van der Waals surface area contributed by atoms with E-state index < -0.39 is 90.5 Å². The van der Waals surface area contributed by atoms with Crippen molar-refractivity contribution in [3.63, 3.8) is 0 Å². The molecule has 54 heavy (non-hydrogen) atoms. The van der Waals surface area contributed by atoms with Crippen molar-refractivity contribution in [2.24, 2.45) is 17.8 Å². The lowest BCUT2D eigenvalue weighted by molar-refractivity contribution is -0.392. The minimum absolute atomic E-state index is 0.000248. The van der Waals surface area contributed by atoms with Gasteiger partial charge in [-0.05, 0) is 60.7 Å². The van der Waals surface area contributed by atoms with E-state index in [9.17, 15) is 48.9 Å². The van der Waals surface area contributed by atoms with Crippen molar-refractivity contribution in [1.82, 2.24) is 0 Å². The number of anilines is 3. The fraction of sp³-hybridized carbons (Fsp3) is 0.333. The molecule has 3 aromatic rings. The summed E-state index contributed by atoms with van der Waals surface area (Å²) in [6.45, 7) is -0.249. The van der Waals surface area contributed by atoms with Crippen LogP contribution in [-0.4, -0.2) is 75.6 Å². The van der Waals surface area contributed by atoms with E-state index in [-0.39, 0.29) is 36.7 Å². The minimum Gasteiger partial charge on any atom is -0.491 e. The number of aliphatic hydroxyl groups excluding tert-OH is 1. The number of nitro benzene ring substituents is 2. The normalized spacial score (nSPS) is 27.3. The number of rotatable bonds is 9. The van der Waals surface area contributed by atoms with Crippen LogP contribution in [0.15, 0.2) is 72.3 Å². The molecule has 1 saturated carbocycles. The molecule has 18 heteroatoms. The fourth-order valence-electron chi connectivity index (χ4n) is 8.40. The molecule has 6 unspecified atom stereocenters. The van der Waals surface area contributed by atoms with Crippen LogP contribution < -0.4 is 19.4 Å². The van der Waals surface area contributed by atoms with E-state index in [2.05, 4.69) is 0 Å². The molecular weight excluding hydrogens is 752 g/mol. The molecule has 2 heterocycles. The molecular formula is C36H30Cl2FN5O10. The summed E-state index contributed by atoms with van der Waals surface area (Å²) in [5.41, 5.74) is -1.27. The van der Waals surface area contributed by atoms with Crippen LogP contribution in [0.3, 0.4) is 0 Å². The van der Waals surface area contributed by atoms with Gasteiger partial charge < -0.3 is 14.7 Å². The summed E-state index contributed by atoms with van der Waals surface area (Å²) in [4.78, 5) is 78.4.